The molecule has 0 amide bonds. The van der Waals surface area contributed by atoms with E-state index in [-0.39, 0.29) is 11.0 Å². The first-order valence-corrected chi connectivity index (χ1v) is 5.49. The van der Waals surface area contributed by atoms with Gasteiger partial charge in [-0.15, -0.1) is 0 Å². The Kier molecular flexibility index (Phi) is 2.24. The molecule has 2 nitrogen and oxygen atoms in total. The van der Waals surface area contributed by atoms with Crippen LogP contribution in [0.4, 0.5) is 0 Å². The van der Waals surface area contributed by atoms with Crippen molar-refractivity contribution < 1.29 is 9.84 Å². The molecule has 1 heterocycles. The fourth-order valence-electron chi connectivity index (χ4n) is 2.91. The zero-order valence-electron chi connectivity index (χ0n) is 9.34. The van der Waals surface area contributed by atoms with Gasteiger partial charge in [0.05, 0.1) is 18.3 Å². The van der Waals surface area contributed by atoms with Crippen LogP contribution in [-0.4, -0.2) is 23.4 Å². The molecular formula is C12H20O2. The summed E-state index contributed by atoms with van der Waals surface area (Å²) >= 11 is 0. The standard InChI is InChI=1S/C12H20O2/c1-11(2)5-4-6-12(3)10(11)7-9(13)8-14-12/h7,9,13H,4-6,8H2,1-3H3. The molecule has 2 aliphatic rings. The average molecular weight is 196 g/mol. The zero-order chi connectivity index (χ0) is 10.4. The lowest BCUT2D eigenvalue weighted by Gasteiger charge is -2.48. The fourth-order valence-corrected chi connectivity index (χ4v) is 2.91. The number of ether oxygens (including phenoxy) is 1. The Morgan fingerprint density at radius 1 is 1.36 bits per heavy atom. The van der Waals surface area contributed by atoms with E-state index in [1.165, 1.54) is 18.4 Å². The molecule has 0 aromatic rings. The molecule has 0 aromatic heterocycles. The van der Waals surface area contributed by atoms with E-state index in [9.17, 15) is 5.11 Å². The van der Waals surface area contributed by atoms with Crippen LogP contribution in [0.15, 0.2) is 11.6 Å². The molecule has 0 saturated heterocycles. The minimum Gasteiger partial charge on any atom is -0.387 e. The molecule has 1 fully saturated rings. The summed E-state index contributed by atoms with van der Waals surface area (Å²) < 4.78 is 5.80. The van der Waals surface area contributed by atoms with E-state index in [0.29, 0.717) is 6.61 Å². The highest BCUT2D eigenvalue weighted by atomic mass is 16.5. The minimum absolute atomic E-state index is 0.110. The second-order valence-corrected chi connectivity index (χ2v) is 5.43. The van der Waals surface area contributed by atoms with Crippen LogP contribution in [0.25, 0.3) is 0 Å². The molecule has 1 aliphatic carbocycles. The van der Waals surface area contributed by atoms with Crippen molar-refractivity contribution >= 4 is 0 Å². The summed E-state index contributed by atoms with van der Waals surface area (Å²) in [5.74, 6) is 0. The van der Waals surface area contributed by atoms with Gasteiger partial charge in [0.15, 0.2) is 0 Å². The van der Waals surface area contributed by atoms with Crippen LogP contribution in [-0.2, 0) is 4.74 Å². The molecular weight excluding hydrogens is 176 g/mol. The topological polar surface area (TPSA) is 29.5 Å². The smallest absolute Gasteiger partial charge is 0.0958 e. The predicted molar refractivity (Wildman–Crippen MR) is 56.1 cm³/mol. The van der Waals surface area contributed by atoms with E-state index in [0.717, 1.165) is 6.42 Å². The molecule has 2 unspecified atom stereocenters. The third-order valence-corrected chi connectivity index (χ3v) is 3.69. The van der Waals surface area contributed by atoms with Crippen molar-refractivity contribution in [1.29, 1.82) is 0 Å². The number of rotatable bonds is 0. The maximum Gasteiger partial charge on any atom is 0.0958 e. The lowest BCUT2D eigenvalue weighted by atomic mass is 9.65. The Labute approximate surface area is 86.0 Å². The summed E-state index contributed by atoms with van der Waals surface area (Å²) in [6, 6.07) is 0. The molecule has 1 aliphatic heterocycles. The van der Waals surface area contributed by atoms with Crippen LogP contribution in [0, 0.1) is 5.41 Å². The number of fused-ring (bicyclic) bond motifs is 1. The van der Waals surface area contributed by atoms with Gasteiger partial charge in [0.2, 0.25) is 0 Å². The van der Waals surface area contributed by atoms with Gasteiger partial charge in [0.25, 0.3) is 0 Å². The van der Waals surface area contributed by atoms with Crippen LogP contribution < -0.4 is 0 Å². The summed E-state index contributed by atoms with van der Waals surface area (Å²) in [4.78, 5) is 0. The van der Waals surface area contributed by atoms with Gasteiger partial charge >= 0.3 is 0 Å². The van der Waals surface area contributed by atoms with E-state index in [1.807, 2.05) is 6.08 Å². The lowest BCUT2D eigenvalue weighted by molar-refractivity contribution is -0.0789. The van der Waals surface area contributed by atoms with E-state index >= 15 is 0 Å². The van der Waals surface area contributed by atoms with Gasteiger partial charge in [-0.1, -0.05) is 19.9 Å². The first kappa shape index (κ1) is 10.2. The molecule has 14 heavy (non-hydrogen) atoms. The van der Waals surface area contributed by atoms with Gasteiger partial charge in [-0.2, -0.15) is 0 Å². The molecule has 2 atom stereocenters. The van der Waals surface area contributed by atoms with Crippen LogP contribution >= 0.6 is 0 Å². The summed E-state index contributed by atoms with van der Waals surface area (Å²) in [6.45, 7) is 7.11. The van der Waals surface area contributed by atoms with Crippen molar-refractivity contribution in [3.8, 4) is 0 Å². The number of aliphatic hydroxyl groups excluding tert-OH is 1. The molecule has 80 valence electrons. The van der Waals surface area contributed by atoms with Gasteiger partial charge in [0.1, 0.15) is 0 Å². The number of hydrogen-bond donors (Lipinski definition) is 1. The molecule has 2 heteroatoms. The third-order valence-electron chi connectivity index (χ3n) is 3.69. The largest absolute Gasteiger partial charge is 0.387 e. The maximum atomic E-state index is 9.59. The summed E-state index contributed by atoms with van der Waals surface area (Å²) in [6.07, 6.45) is 5.12. The first-order chi connectivity index (χ1) is 6.44. The Balaban J connectivity index is 2.38. The number of hydrogen-bond acceptors (Lipinski definition) is 2. The van der Waals surface area contributed by atoms with Crippen molar-refractivity contribution in [2.45, 2.75) is 51.7 Å². The highest BCUT2D eigenvalue weighted by Crippen LogP contribution is 2.48. The van der Waals surface area contributed by atoms with E-state index in [2.05, 4.69) is 20.8 Å². The van der Waals surface area contributed by atoms with Crippen LogP contribution in [0.5, 0.6) is 0 Å². The first-order valence-electron chi connectivity index (χ1n) is 5.49. The maximum absolute atomic E-state index is 9.59. The van der Waals surface area contributed by atoms with Gasteiger partial charge in [-0.3, -0.25) is 0 Å². The van der Waals surface area contributed by atoms with Crippen molar-refractivity contribution in [3.05, 3.63) is 11.6 Å². The molecule has 0 radical (unpaired) electrons. The highest BCUT2D eigenvalue weighted by molar-refractivity contribution is 5.28. The van der Waals surface area contributed by atoms with Crippen molar-refractivity contribution in [2.24, 2.45) is 5.41 Å². The normalized spacial score (nSPS) is 41.4. The summed E-state index contributed by atoms with van der Waals surface area (Å²) in [5, 5.41) is 9.59. The fraction of sp³-hybridized carbons (Fsp3) is 0.833. The highest BCUT2D eigenvalue weighted by Gasteiger charge is 2.44. The predicted octanol–water partition coefficient (Wildman–Crippen LogP) is 2.27. The SMILES string of the molecule is CC1(C)CCCC2(C)OCC(O)C=C12. The van der Waals surface area contributed by atoms with E-state index < -0.39 is 6.10 Å². The van der Waals surface area contributed by atoms with Crippen LogP contribution in [0.2, 0.25) is 0 Å². The summed E-state index contributed by atoms with van der Waals surface area (Å²) in [5.41, 5.74) is 1.38. The van der Waals surface area contributed by atoms with E-state index in [1.54, 1.807) is 0 Å². The molecule has 1 saturated carbocycles. The zero-order valence-corrected chi connectivity index (χ0v) is 9.34. The third kappa shape index (κ3) is 1.51. The molecule has 0 aromatic carbocycles. The van der Waals surface area contributed by atoms with Gasteiger partial charge < -0.3 is 9.84 Å². The second-order valence-electron chi connectivity index (χ2n) is 5.43. The second kappa shape index (κ2) is 3.07. The average Bonchev–Trinajstić information content (AvgIpc) is 2.08. The molecule has 2 rings (SSSR count). The van der Waals surface area contributed by atoms with Gasteiger partial charge in [-0.05, 0) is 37.2 Å². The Hall–Kier alpha value is -0.340. The Morgan fingerprint density at radius 3 is 2.79 bits per heavy atom. The monoisotopic (exact) mass is 196 g/mol. The Morgan fingerprint density at radius 2 is 2.07 bits per heavy atom. The minimum atomic E-state index is -0.407. The Bertz CT molecular complexity index is 267. The quantitative estimate of drug-likeness (QED) is 0.602. The van der Waals surface area contributed by atoms with Crippen molar-refractivity contribution in [2.75, 3.05) is 6.61 Å². The van der Waals surface area contributed by atoms with Crippen LogP contribution in [0.3, 0.4) is 0 Å². The molecule has 0 spiro atoms. The van der Waals surface area contributed by atoms with Crippen molar-refractivity contribution in [1.82, 2.24) is 0 Å². The van der Waals surface area contributed by atoms with Gasteiger partial charge in [0, 0.05) is 0 Å². The van der Waals surface area contributed by atoms with Crippen molar-refractivity contribution in [3.63, 3.8) is 0 Å². The lowest BCUT2D eigenvalue weighted by Crippen LogP contribution is -2.46. The van der Waals surface area contributed by atoms with E-state index in [4.69, 9.17) is 4.74 Å². The summed E-state index contributed by atoms with van der Waals surface area (Å²) in [7, 11) is 0. The molecule has 0 bridgehead atoms. The molecule has 1 N–H and O–H groups in total. The van der Waals surface area contributed by atoms with Crippen LogP contribution in [0.1, 0.15) is 40.0 Å². The number of aliphatic hydroxyl groups is 1. The van der Waals surface area contributed by atoms with Gasteiger partial charge in [-0.25, -0.2) is 0 Å².